The normalized spacial score (nSPS) is 17.3. The van der Waals surface area contributed by atoms with E-state index in [4.69, 9.17) is 4.94 Å². The average molecular weight is 206 g/mol. The summed E-state index contributed by atoms with van der Waals surface area (Å²) in [6, 6.07) is 7.62. The average Bonchev–Trinajstić information content (AvgIpc) is 2.89. The molecule has 2 heterocycles. The Labute approximate surface area is 85.5 Å². The lowest BCUT2D eigenvalue weighted by atomic mass is 10.3. The molecule has 1 aliphatic heterocycles. The number of hydrazine groups is 2. The highest BCUT2D eigenvalue weighted by atomic mass is 16.9. The molecule has 0 radical (unpaired) electrons. The Balaban J connectivity index is 1.90. The molecule has 0 spiro atoms. The van der Waals surface area contributed by atoms with Crippen molar-refractivity contribution in [3.05, 3.63) is 24.3 Å². The van der Waals surface area contributed by atoms with Crippen LogP contribution in [0.15, 0.2) is 24.3 Å². The van der Waals surface area contributed by atoms with Crippen LogP contribution in [0.1, 0.15) is 0 Å². The third-order valence-electron chi connectivity index (χ3n) is 2.14. The minimum Gasteiger partial charge on any atom is -0.279 e. The van der Waals surface area contributed by atoms with Crippen LogP contribution in [-0.2, 0) is 0 Å². The fourth-order valence-corrected chi connectivity index (χ4v) is 1.42. The zero-order valence-electron chi connectivity index (χ0n) is 7.92. The number of benzene rings is 1. The molecule has 0 saturated carbocycles. The molecule has 0 bridgehead atoms. The van der Waals surface area contributed by atoms with Gasteiger partial charge in [0.25, 0.3) is 0 Å². The van der Waals surface area contributed by atoms with Crippen molar-refractivity contribution in [2.75, 3.05) is 13.1 Å². The van der Waals surface area contributed by atoms with Crippen molar-refractivity contribution in [3.8, 4) is 0 Å². The fraction of sp³-hybridized carbons (Fsp3) is 0.250. The SMILES string of the molecule is c1ccc2c(c1)nnn2ON1CCNN1. The van der Waals surface area contributed by atoms with Crippen LogP contribution < -0.4 is 15.9 Å². The van der Waals surface area contributed by atoms with Crippen molar-refractivity contribution in [1.82, 2.24) is 31.3 Å². The third-order valence-corrected chi connectivity index (χ3v) is 2.14. The number of hydroxylamine groups is 1. The van der Waals surface area contributed by atoms with Gasteiger partial charge in [-0.25, -0.2) is 5.43 Å². The zero-order valence-corrected chi connectivity index (χ0v) is 7.92. The van der Waals surface area contributed by atoms with Crippen LogP contribution in [-0.4, -0.2) is 33.4 Å². The van der Waals surface area contributed by atoms with Gasteiger partial charge < -0.3 is 0 Å². The van der Waals surface area contributed by atoms with Gasteiger partial charge in [0.1, 0.15) is 11.0 Å². The lowest BCUT2D eigenvalue weighted by Crippen LogP contribution is -2.42. The first-order valence-electron chi connectivity index (χ1n) is 4.68. The maximum atomic E-state index is 5.43. The summed E-state index contributed by atoms with van der Waals surface area (Å²) in [5.41, 5.74) is 7.40. The number of nitrogens with zero attached hydrogens (tertiary/aromatic N) is 4. The van der Waals surface area contributed by atoms with Gasteiger partial charge in [0.2, 0.25) is 0 Å². The first-order valence-corrected chi connectivity index (χ1v) is 4.68. The van der Waals surface area contributed by atoms with Gasteiger partial charge in [-0.1, -0.05) is 17.0 Å². The molecule has 1 aliphatic rings. The summed E-state index contributed by atoms with van der Waals surface area (Å²) in [6.45, 7) is 1.57. The van der Waals surface area contributed by atoms with E-state index < -0.39 is 0 Å². The number of rotatable bonds is 2. The first-order chi connectivity index (χ1) is 7.43. The van der Waals surface area contributed by atoms with E-state index in [0.29, 0.717) is 0 Å². The first kappa shape index (κ1) is 8.60. The summed E-state index contributed by atoms with van der Waals surface area (Å²) in [4.78, 5) is 6.82. The highest BCUT2D eigenvalue weighted by Crippen LogP contribution is 2.08. The second kappa shape index (κ2) is 3.46. The molecule has 0 unspecified atom stereocenters. The van der Waals surface area contributed by atoms with Crippen molar-refractivity contribution in [2.45, 2.75) is 0 Å². The molecule has 1 aromatic carbocycles. The van der Waals surface area contributed by atoms with Gasteiger partial charge in [-0.15, -0.1) is 5.10 Å². The van der Waals surface area contributed by atoms with Crippen LogP contribution in [0.3, 0.4) is 0 Å². The largest absolute Gasteiger partial charge is 0.279 e. The summed E-state index contributed by atoms with van der Waals surface area (Å²) in [7, 11) is 0. The predicted molar refractivity (Wildman–Crippen MR) is 52.0 cm³/mol. The molecule has 0 atom stereocenters. The van der Waals surface area contributed by atoms with Gasteiger partial charge >= 0.3 is 0 Å². The number of hydrogen-bond acceptors (Lipinski definition) is 6. The van der Waals surface area contributed by atoms with E-state index in [0.717, 1.165) is 24.1 Å². The van der Waals surface area contributed by atoms with Gasteiger partial charge in [-0.3, -0.25) is 4.94 Å². The van der Waals surface area contributed by atoms with Gasteiger partial charge in [-0.2, -0.15) is 5.53 Å². The van der Waals surface area contributed by atoms with E-state index in [1.54, 1.807) is 5.17 Å². The van der Waals surface area contributed by atoms with Crippen molar-refractivity contribution >= 4 is 11.0 Å². The standard InChI is InChI=1S/C8H10N6O/c1-2-4-8-7(3-1)10-12-14(8)15-13-6-5-9-11-13/h1-4,9,11H,5-6H2. The van der Waals surface area contributed by atoms with Crippen molar-refractivity contribution in [1.29, 1.82) is 0 Å². The van der Waals surface area contributed by atoms with Crippen LogP contribution in [0.25, 0.3) is 11.0 Å². The van der Waals surface area contributed by atoms with Gasteiger partial charge in [0.05, 0.1) is 6.54 Å². The molecule has 2 aromatic rings. The highest BCUT2D eigenvalue weighted by Gasteiger charge is 2.14. The van der Waals surface area contributed by atoms with E-state index in [9.17, 15) is 0 Å². The van der Waals surface area contributed by atoms with Gasteiger partial charge in [0, 0.05) is 6.54 Å². The van der Waals surface area contributed by atoms with Crippen LogP contribution >= 0.6 is 0 Å². The predicted octanol–water partition coefficient (Wildman–Crippen LogP) is -0.900. The lowest BCUT2D eigenvalue weighted by molar-refractivity contribution is -0.191. The number of nitrogens with one attached hydrogen (secondary N) is 2. The van der Waals surface area contributed by atoms with Crippen LogP contribution in [0.4, 0.5) is 0 Å². The molecular weight excluding hydrogens is 196 g/mol. The molecule has 7 nitrogen and oxygen atoms in total. The molecule has 2 N–H and O–H groups in total. The smallest absolute Gasteiger partial charge is 0.133 e. The van der Waals surface area contributed by atoms with Gasteiger partial charge in [-0.05, 0) is 22.5 Å². The Hall–Kier alpha value is -1.70. The molecule has 1 aromatic heterocycles. The number of aromatic nitrogens is 3. The summed E-state index contributed by atoms with van der Waals surface area (Å²) in [6.07, 6.45) is 0. The molecule has 1 fully saturated rings. The summed E-state index contributed by atoms with van der Waals surface area (Å²) in [5.74, 6) is 0. The lowest BCUT2D eigenvalue weighted by Gasteiger charge is -2.12. The zero-order chi connectivity index (χ0) is 10.1. The molecule has 0 aliphatic carbocycles. The topological polar surface area (TPSA) is 67.2 Å². The monoisotopic (exact) mass is 206 g/mol. The van der Waals surface area contributed by atoms with Crippen molar-refractivity contribution < 1.29 is 4.94 Å². The van der Waals surface area contributed by atoms with Crippen molar-refractivity contribution in [2.24, 2.45) is 0 Å². The highest BCUT2D eigenvalue weighted by molar-refractivity contribution is 5.73. The number of fused-ring (bicyclic) bond motifs is 1. The van der Waals surface area contributed by atoms with E-state index in [1.165, 1.54) is 4.85 Å². The summed E-state index contributed by atoms with van der Waals surface area (Å²) >= 11 is 0. The molecular formula is C8H10N6O. The second-order valence-corrected chi connectivity index (χ2v) is 3.17. The third kappa shape index (κ3) is 1.52. The minimum atomic E-state index is 0.744. The Morgan fingerprint density at radius 1 is 1.33 bits per heavy atom. The molecule has 7 heteroatoms. The Morgan fingerprint density at radius 3 is 3.13 bits per heavy atom. The quantitative estimate of drug-likeness (QED) is 0.663. The van der Waals surface area contributed by atoms with E-state index in [2.05, 4.69) is 21.3 Å². The Bertz CT molecular complexity index is 463. The second-order valence-electron chi connectivity index (χ2n) is 3.17. The molecule has 15 heavy (non-hydrogen) atoms. The van der Waals surface area contributed by atoms with Crippen molar-refractivity contribution in [3.63, 3.8) is 0 Å². The Kier molecular flexibility index (Phi) is 1.98. The minimum absolute atomic E-state index is 0.744. The molecule has 3 rings (SSSR count). The molecule has 78 valence electrons. The fourth-order valence-electron chi connectivity index (χ4n) is 1.42. The van der Waals surface area contributed by atoms with E-state index >= 15 is 0 Å². The van der Waals surface area contributed by atoms with Crippen LogP contribution in [0, 0.1) is 0 Å². The van der Waals surface area contributed by atoms with Crippen LogP contribution in [0.5, 0.6) is 0 Å². The van der Waals surface area contributed by atoms with E-state index in [-0.39, 0.29) is 0 Å². The maximum Gasteiger partial charge on any atom is 0.133 e. The number of hydrogen-bond donors (Lipinski definition) is 2. The summed E-state index contributed by atoms with van der Waals surface area (Å²) in [5, 5.41) is 9.42. The van der Waals surface area contributed by atoms with Crippen LogP contribution in [0.2, 0.25) is 0 Å². The molecule has 1 saturated heterocycles. The summed E-state index contributed by atoms with van der Waals surface area (Å²) < 4.78 is 0. The van der Waals surface area contributed by atoms with E-state index in [1.807, 2.05) is 24.3 Å². The number of para-hydroxylation sites is 1. The van der Waals surface area contributed by atoms with Gasteiger partial charge in [0.15, 0.2) is 0 Å². The molecule has 0 amide bonds. The maximum absolute atomic E-state index is 5.43. The Morgan fingerprint density at radius 2 is 2.27 bits per heavy atom.